The van der Waals surface area contributed by atoms with Crippen molar-refractivity contribution in [3.8, 4) is 0 Å². The number of rotatable bonds is 9. The molecule has 3 unspecified atom stereocenters. The minimum absolute atomic E-state index is 0.0161. The summed E-state index contributed by atoms with van der Waals surface area (Å²) >= 11 is 0. The van der Waals surface area contributed by atoms with E-state index < -0.39 is 6.04 Å². The van der Waals surface area contributed by atoms with E-state index in [4.69, 9.17) is 0 Å². The van der Waals surface area contributed by atoms with E-state index in [1.807, 2.05) is 25.7 Å². The van der Waals surface area contributed by atoms with Crippen LogP contribution in [0.2, 0.25) is 0 Å². The number of piperazine rings is 1. The molecule has 1 aliphatic rings. The first kappa shape index (κ1) is 27.2. The lowest BCUT2D eigenvalue weighted by Crippen LogP contribution is -2.60. The van der Waals surface area contributed by atoms with Gasteiger partial charge in [0, 0.05) is 38.6 Å². The Bertz CT molecular complexity index is 600. The van der Waals surface area contributed by atoms with E-state index >= 15 is 0 Å². The molecule has 0 radical (unpaired) electrons. The molecule has 4 amide bonds. The Morgan fingerprint density at radius 1 is 1.10 bits per heavy atom. The molecular weight excluding hydrogens is 392 g/mol. The monoisotopic (exact) mass is 438 g/mol. The Kier molecular flexibility index (Phi) is 10.8. The highest BCUT2D eigenvalue weighted by molar-refractivity contribution is 5.87. The lowest BCUT2D eigenvalue weighted by molar-refractivity contribution is -0.144. The van der Waals surface area contributed by atoms with Gasteiger partial charge in [0.1, 0.15) is 6.04 Å². The van der Waals surface area contributed by atoms with E-state index in [9.17, 15) is 14.4 Å². The zero-order valence-electron chi connectivity index (χ0n) is 21.1. The van der Waals surface area contributed by atoms with Gasteiger partial charge in [-0.1, -0.05) is 54.9 Å². The molecule has 0 bridgehead atoms. The molecule has 3 atom stereocenters. The highest BCUT2D eigenvalue weighted by atomic mass is 16.2. The third-order valence-corrected chi connectivity index (χ3v) is 5.78. The van der Waals surface area contributed by atoms with Crippen molar-refractivity contribution >= 4 is 17.8 Å². The fourth-order valence-corrected chi connectivity index (χ4v) is 4.34. The first-order valence-corrected chi connectivity index (χ1v) is 12.0. The van der Waals surface area contributed by atoms with Crippen LogP contribution in [-0.4, -0.2) is 65.9 Å². The van der Waals surface area contributed by atoms with Crippen molar-refractivity contribution in [1.29, 1.82) is 0 Å². The molecule has 31 heavy (non-hydrogen) atoms. The van der Waals surface area contributed by atoms with Crippen LogP contribution >= 0.6 is 0 Å². The molecule has 0 aromatic heterocycles. The lowest BCUT2D eigenvalue weighted by Gasteiger charge is -2.42. The summed E-state index contributed by atoms with van der Waals surface area (Å²) in [5.74, 6) is 0.420. The quantitative estimate of drug-likeness (QED) is 0.539. The van der Waals surface area contributed by atoms with Crippen LogP contribution in [0.4, 0.5) is 4.79 Å². The third-order valence-electron chi connectivity index (χ3n) is 5.78. The Hall–Kier alpha value is -1.79. The topological polar surface area (TPSA) is 81.8 Å². The second-order valence-corrected chi connectivity index (χ2v) is 10.8. The second-order valence-electron chi connectivity index (χ2n) is 10.8. The van der Waals surface area contributed by atoms with Gasteiger partial charge in [0.2, 0.25) is 11.8 Å². The zero-order valence-corrected chi connectivity index (χ0v) is 21.1. The molecule has 7 nitrogen and oxygen atoms in total. The van der Waals surface area contributed by atoms with Crippen LogP contribution < -0.4 is 10.6 Å². The molecule has 1 saturated heterocycles. The Morgan fingerprint density at radius 3 is 2.26 bits per heavy atom. The Balaban J connectivity index is 2.65. The van der Waals surface area contributed by atoms with Crippen LogP contribution in [0, 0.1) is 17.3 Å². The lowest BCUT2D eigenvalue weighted by atomic mass is 9.84. The predicted molar refractivity (Wildman–Crippen MR) is 126 cm³/mol. The van der Waals surface area contributed by atoms with Crippen LogP contribution in [0.5, 0.6) is 0 Å². The number of carbonyl (C=O) groups is 3. The average Bonchev–Trinajstić information content (AvgIpc) is 2.63. The SMILES string of the molecule is CCCCNC(=O)NC(C(=O)N1CCN(C(=O)CC(C)CC(C)(C)C)C(C)C1)C(C)C. The largest absolute Gasteiger partial charge is 0.338 e. The van der Waals surface area contributed by atoms with E-state index in [0.29, 0.717) is 38.5 Å². The number of urea groups is 1. The van der Waals surface area contributed by atoms with E-state index in [1.165, 1.54) is 0 Å². The van der Waals surface area contributed by atoms with Gasteiger partial charge in [0.05, 0.1) is 0 Å². The van der Waals surface area contributed by atoms with Crippen molar-refractivity contribution in [3.05, 3.63) is 0 Å². The molecule has 0 aliphatic carbocycles. The van der Waals surface area contributed by atoms with Gasteiger partial charge in [-0.15, -0.1) is 0 Å². The standard InChI is InChI=1S/C24H46N4O3/c1-9-10-11-25-23(31)26-21(17(2)3)22(30)27-12-13-28(19(5)16-27)20(29)14-18(4)15-24(6,7)8/h17-19,21H,9-16H2,1-8H3,(H2,25,26,31). The van der Waals surface area contributed by atoms with E-state index in [1.54, 1.807) is 4.90 Å². The molecule has 2 N–H and O–H groups in total. The summed E-state index contributed by atoms with van der Waals surface area (Å²) in [6.07, 6.45) is 3.47. The first-order valence-electron chi connectivity index (χ1n) is 12.0. The molecule has 0 saturated carbocycles. The smallest absolute Gasteiger partial charge is 0.315 e. The highest BCUT2D eigenvalue weighted by Crippen LogP contribution is 2.27. The number of hydrogen-bond donors (Lipinski definition) is 2. The number of nitrogens with one attached hydrogen (secondary N) is 2. The van der Waals surface area contributed by atoms with Gasteiger partial charge in [-0.05, 0) is 37.0 Å². The molecule has 0 spiro atoms. The van der Waals surface area contributed by atoms with Gasteiger partial charge in [0.25, 0.3) is 0 Å². The van der Waals surface area contributed by atoms with Crippen LogP contribution in [0.3, 0.4) is 0 Å². The maximum atomic E-state index is 13.1. The van der Waals surface area contributed by atoms with Gasteiger partial charge in [-0.3, -0.25) is 9.59 Å². The van der Waals surface area contributed by atoms with Crippen LogP contribution in [-0.2, 0) is 9.59 Å². The summed E-state index contributed by atoms with van der Waals surface area (Å²) in [5, 5.41) is 5.67. The molecule has 1 heterocycles. The second kappa shape index (κ2) is 12.3. The van der Waals surface area contributed by atoms with Crippen molar-refractivity contribution in [3.63, 3.8) is 0 Å². The minimum Gasteiger partial charge on any atom is -0.338 e. The molecule has 7 heteroatoms. The molecule has 1 rings (SSSR count). The van der Waals surface area contributed by atoms with E-state index in [0.717, 1.165) is 19.3 Å². The summed E-state index contributed by atoms with van der Waals surface area (Å²) in [6.45, 7) is 18.8. The molecule has 0 aromatic carbocycles. The molecule has 0 aromatic rings. The number of amides is 4. The maximum absolute atomic E-state index is 13.1. The summed E-state index contributed by atoms with van der Waals surface area (Å²) in [6, 6.07) is -0.892. The predicted octanol–water partition coefficient (Wildman–Crippen LogP) is 3.63. The van der Waals surface area contributed by atoms with Gasteiger partial charge in [-0.2, -0.15) is 0 Å². The number of nitrogens with zero attached hydrogens (tertiary/aromatic N) is 2. The van der Waals surface area contributed by atoms with Gasteiger partial charge >= 0.3 is 6.03 Å². The average molecular weight is 439 g/mol. The molecule has 1 aliphatic heterocycles. The van der Waals surface area contributed by atoms with Crippen LogP contribution in [0.15, 0.2) is 0 Å². The summed E-state index contributed by atoms with van der Waals surface area (Å²) in [7, 11) is 0. The van der Waals surface area contributed by atoms with Gasteiger partial charge < -0.3 is 20.4 Å². The number of carbonyl (C=O) groups excluding carboxylic acids is 3. The van der Waals surface area contributed by atoms with E-state index in [2.05, 4.69) is 45.3 Å². The van der Waals surface area contributed by atoms with Crippen LogP contribution in [0.1, 0.15) is 81.1 Å². The summed E-state index contributed by atoms with van der Waals surface area (Å²) < 4.78 is 0. The minimum atomic E-state index is -0.567. The number of hydrogen-bond acceptors (Lipinski definition) is 3. The summed E-state index contributed by atoms with van der Waals surface area (Å²) in [4.78, 5) is 41.9. The molecule has 180 valence electrons. The van der Waals surface area contributed by atoms with Crippen molar-refractivity contribution in [1.82, 2.24) is 20.4 Å². The van der Waals surface area contributed by atoms with Crippen molar-refractivity contribution in [2.24, 2.45) is 17.3 Å². The van der Waals surface area contributed by atoms with Crippen LogP contribution in [0.25, 0.3) is 0 Å². The number of unbranched alkanes of at least 4 members (excludes halogenated alkanes) is 1. The molecule has 1 fully saturated rings. The third kappa shape index (κ3) is 9.48. The van der Waals surface area contributed by atoms with Crippen molar-refractivity contribution in [2.75, 3.05) is 26.2 Å². The van der Waals surface area contributed by atoms with Crippen molar-refractivity contribution in [2.45, 2.75) is 93.2 Å². The zero-order chi connectivity index (χ0) is 23.8. The first-order chi connectivity index (χ1) is 14.4. The normalized spacial score (nSPS) is 19.2. The summed E-state index contributed by atoms with van der Waals surface area (Å²) in [5.41, 5.74) is 0.206. The maximum Gasteiger partial charge on any atom is 0.315 e. The fraction of sp³-hybridized carbons (Fsp3) is 0.875. The Morgan fingerprint density at radius 2 is 1.74 bits per heavy atom. The van der Waals surface area contributed by atoms with E-state index in [-0.39, 0.29) is 35.2 Å². The highest BCUT2D eigenvalue weighted by Gasteiger charge is 2.35. The fourth-order valence-electron chi connectivity index (χ4n) is 4.34. The van der Waals surface area contributed by atoms with Gasteiger partial charge in [0.15, 0.2) is 0 Å². The van der Waals surface area contributed by atoms with Gasteiger partial charge in [-0.25, -0.2) is 4.79 Å². The van der Waals surface area contributed by atoms with Crippen molar-refractivity contribution < 1.29 is 14.4 Å². The Labute approximate surface area is 189 Å². The molecular formula is C24H46N4O3.